The summed E-state index contributed by atoms with van der Waals surface area (Å²) in [5.41, 5.74) is 5.41. The maximum Gasteiger partial charge on any atom is 0.278 e. The molecule has 2 heterocycles. The third kappa shape index (κ3) is 3.50. The lowest BCUT2D eigenvalue weighted by Crippen LogP contribution is -2.33. The first-order valence-corrected chi connectivity index (χ1v) is 9.83. The Bertz CT molecular complexity index is 1140. The van der Waals surface area contributed by atoms with Crippen LogP contribution in [0.3, 0.4) is 0 Å². The largest absolute Gasteiger partial charge is 0.339 e. The summed E-state index contributed by atoms with van der Waals surface area (Å²) in [6, 6.07) is 19.2. The highest BCUT2D eigenvalue weighted by molar-refractivity contribution is 6.36. The van der Waals surface area contributed by atoms with Gasteiger partial charge in [-0.25, -0.2) is 0 Å². The molecule has 2 aromatic carbocycles. The van der Waals surface area contributed by atoms with E-state index in [0.29, 0.717) is 11.3 Å². The smallest absolute Gasteiger partial charge is 0.278 e. The zero-order valence-corrected chi connectivity index (χ0v) is 17.3. The molecule has 4 rings (SSSR count). The SMILES string of the molecule is Cc1ccc(C2=C(N(C)c3ccccc3)C(=O)N(Cc3ccncc3)C2=O)c(C)c1. The normalized spacial score (nSPS) is 13.9. The van der Waals surface area contributed by atoms with E-state index in [1.54, 1.807) is 17.3 Å². The van der Waals surface area contributed by atoms with Gasteiger partial charge in [0.2, 0.25) is 0 Å². The average molecular weight is 397 g/mol. The Hall–Kier alpha value is -3.73. The molecule has 1 aromatic heterocycles. The Labute approximate surface area is 176 Å². The number of aromatic nitrogens is 1. The van der Waals surface area contributed by atoms with E-state index in [0.717, 1.165) is 27.9 Å². The van der Waals surface area contributed by atoms with Gasteiger partial charge in [0, 0.05) is 25.1 Å². The van der Waals surface area contributed by atoms with Crippen molar-refractivity contribution in [3.05, 3.63) is 101 Å². The van der Waals surface area contributed by atoms with Crippen LogP contribution in [-0.4, -0.2) is 28.7 Å². The van der Waals surface area contributed by atoms with Crippen LogP contribution in [0, 0.1) is 13.8 Å². The Balaban J connectivity index is 1.83. The third-order valence-electron chi connectivity index (χ3n) is 5.36. The number of aryl methyl sites for hydroxylation is 2. The second-order valence-corrected chi connectivity index (χ2v) is 7.49. The molecule has 5 heteroatoms. The summed E-state index contributed by atoms with van der Waals surface area (Å²) < 4.78 is 0. The number of carbonyl (C=O) groups excluding carboxylic acids is 2. The Morgan fingerprint density at radius 2 is 1.60 bits per heavy atom. The fourth-order valence-corrected chi connectivity index (χ4v) is 3.81. The maximum absolute atomic E-state index is 13.5. The predicted molar refractivity (Wildman–Crippen MR) is 117 cm³/mol. The van der Waals surface area contributed by atoms with Gasteiger partial charge in [0.25, 0.3) is 11.8 Å². The minimum atomic E-state index is -0.293. The molecule has 0 fully saturated rings. The maximum atomic E-state index is 13.5. The van der Waals surface area contributed by atoms with Crippen molar-refractivity contribution in [2.75, 3.05) is 11.9 Å². The van der Waals surface area contributed by atoms with E-state index in [1.807, 2.05) is 81.6 Å². The number of benzene rings is 2. The van der Waals surface area contributed by atoms with E-state index in [1.165, 1.54) is 4.90 Å². The van der Waals surface area contributed by atoms with Gasteiger partial charge in [-0.2, -0.15) is 0 Å². The van der Waals surface area contributed by atoms with Crippen molar-refractivity contribution in [3.8, 4) is 0 Å². The molecular weight excluding hydrogens is 374 g/mol. The quantitative estimate of drug-likeness (QED) is 0.608. The minimum absolute atomic E-state index is 0.209. The standard InChI is InChI=1S/C25H23N3O2/c1-17-9-10-21(18(2)15-17)22-23(27(3)20-7-5-4-6-8-20)25(30)28(24(22)29)16-19-11-13-26-14-12-19/h4-15H,16H2,1-3H3. The van der Waals surface area contributed by atoms with Gasteiger partial charge in [-0.3, -0.25) is 19.5 Å². The number of likely N-dealkylation sites (N-methyl/N-ethyl adjacent to an activating group) is 1. The van der Waals surface area contributed by atoms with Crippen molar-refractivity contribution in [2.24, 2.45) is 0 Å². The predicted octanol–water partition coefficient (Wildman–Crippen LogP) is 4.11. The molecule has 0 spiro atoms. The molecule has 0 saturated carbocycles. The van der Waals surface area contributed by atoms with Gasteiger partial charge in [0.1, 0.15) is 5.70 Å². The van der Waals surface area contributed by atoms with Crippen molar-refractivity contribution in [3.63, 3.8) is 0 Å². The molecule has 0 radical (unpaired) electrons. The third-order valence-corrected chi connectivity index (χ3v) is 5.36. The summed E-state index contributed by atoms with van der Waals surface area (Å²) >= 11 is 0. The van der Waals surface area contributed by atoms with Crippen molar-refractivity contribution in [1.82, 2.24) is 9.88 Å². The van der Waals surface area contributed by atoms with E-state index >= 15 is 0 Å². The van der Waals surface area contributed by atoms with Crippen LogP contribution in [0.4, 0.5) is 5.69 Å². The first-order valence-electron chi connectivity index (χ1n) is 9.83. The van der Waals surface area contributed by atoms with Crippen LogP contribution in [0.2, 0.25) is 0 Å². The summed E-state index contributed by atoms with van der Waals surface area (Å²) in [5, 5.41) is 0. The number of amides is 2. The zero-order valence-electron chi connectivity index (χ0n) is 17.3. The fourth-order valence-electron chi connectivity index (χ4n) is 3.81. The number of hydrogen-bond donors (Lipinski definition) is 0. The molecule has 0 bridgehead atoms. The van der Waals surface area contributed by atoms with Crippen LogP contribution < -0.4 is 4.90 Å². The Kier molecular flexibility index (Phi) is 5.19. The Morgan fingerprint density at radius 3 is 2.27 bits per heavy atom. The molecule has 5 nitrogen and oxygen atoms in total. The number of hydrogen-bond acceptors (Lipinski definition) is 4. The van der Waals surface area contributed by atoms with E-state index in [4.69, 9.17) is 0 Å². The number of rotatable bonds is 5. The number of anilines is 1. The highest BCUT2D eigenvalue weighted by Gasteiger charge is 2.41. The molecule has 0 aliphatic carbocycles. The number of nitrogens with zero attached hydrogens (tertiary/aromatic N) is 3. The molecule has 0 atom stereocenters. The van der Waals surface area contributed by atoms with Gasteiger partial charge in [-0.15, -0.1) is 0 Å². The molecule has 0 unspecified atom stereocenters. The van der Waals surface area contributed by atoms with Crippen LogP contribution in [0.15, 0.2) is 78.8 Å². The molecule has 30 heavy (non-hydrogen) atoms. The van der Waals surface area contributed by atoms with Gasteiger partial charge in [-0.05, 0) is 54.8 Å². The van der Waals surface area contributed by atoms with Crippen molar-refractivity contribution in [2.45, 2.75) is 20.4 Å². The molecule has 0 saturated heterocycles. The lowest BCUT2D eigenvalue weighted by molar-refractivity contribution is -0.137. The molecule has 3 aromatic rings. The van der Waals surface area contributed by atoms with E-state index < -0.39 is 0 Å². The lowest BCUT2D eigenvalue weighted by atomic mass is 9.97. The Morgan fingerprint density at radius 1 is 0.900 bits per heavy atom. The van der Waals surface area contributed by atoms with Gasteiger partial charge in [0.05, 0.1) is 12.1 Å². The van der Waals surface area contributed by atoms with Crippen LogP contribution >= 0.6 is 0 Å². The van der Waals surface area contributed by atoms with Crippen molar-refractivity contribution >= 4 is 23.1 Å². The van der Waals surface area contributed by atoms with Crippen LogP contribution in [0.1, 0.15) is 22.3 Å². The summed E-state index contributed by atoms with van der Waals surface area (Å²) in [7, 11) is 1.83. The average Bonchev–Trinajstić information content (AvgIpc) is 2.99. The second-order valence-electron chi connectivity index (χ2n) is 7.49. The minimum Gasteiger partial charge on any atom is -0.339 e. The van der Waals surface area contributed by atoms with Crippen LogP contribution in [0.5, 0.6) is 0 Å². The summed E-state index contributed by atoms with van der Waals surface area (Å²) in [5.74, 6) is -0.570. The second kappa shape index (κ2) is 7.95. The van der Waals surface area contributed by atoms with Gasteiger partial charge >= 0.3 is 0 Å². The van der Waals surface area contributed by atoms with Crippen LogP contribution in [-0.2, 0) is 16.1 Å². The first-order chi connectivity index (χ1) is 14.5. The molecule has 2 amide bonds. The summed E-state index contributed by atoms with van der Waals surface area (Å²) in [4.78, 5) is 34.1. The number of para-hydroxylation sites is 1. The van der Waals surface area contributed by atoms with E-state index in [2.05, 4.69) is 4.98 Å². The van der Waals surface area contributed by atoms with E-state index in [9.17, 15) is 9.59 Å². The highest BCUT2D eigenvalue weighted by Crippen LogP contribution is 2.35. The molecule has 1 aliphatic heterocycles. The van der Waals surface area contributed by atoms with Gasteiger partial charge in [-0.1, -0.05) is 42.0 Å². The van der Waals surface area contributed by atoms with Crippen molar-refractivity contribution in [1.29, 1.82) is 0 Å². The number of carbonyl (C=O) groups is 2. The monoisotopic (exact) mass is 397 g/mol. The summed E-state index contributed by atoms with van der Waals surface area (Å²) in [6.45, 7) is 4.19. The van der Waals surface area contributed by atoms with Crippen molar-refractivity contribution < 1.29 is 9.59 Å². The number of pyridine rings is 1. The molecule has 150 valence electrons. The van der Waals surface area contributed by atoms with Crippen LogP contribution in [0.25, 0.3) is 5.57 Å². The first kappa shape index (κ1) is 19.6. The lowest BCUT2D eigenvalue weighted by Gasteiger charge is -2.21. The number of imide groups is 1. The van der Waals surface area contributed by atoms with Gasteiger partial charge in [0.15, 0.2) is 0 Å². The topological polar surface area (TPSA) is 53.5 Å². The summed E-state index contributed by atoms with van der Waals surface area (Å²) in [6.07, 6.45) is 3.33. The highest BCUT2D eigenvalue weighted by atomic mass is 16.2. The van der Waals surface area contributed by atoms with E-state index in [-0.39, 0.29) is 18.4 Å². The molecule has 0 N–H and O–H groups in total. The fraction of sp³-hybridized carbons (Fsp3) is 0.160. The molecule has 1 aliphatic rings. The molecular formula is C25H23N3O2. The van der Waals surface area contributed by atoms with Gasteiger partial charge < -0.3 is 4.90 Å². The zero-order chi connectivity index (χ0) is 21.3.